The Labute approximate surface area is 151 Å². The highest BCUT2D eigenvalue weighted by Crippen LogP contribution is 2.29. The van der Waals surface area contributed by atoms with Crippen LogP contribution in [0.15, 0.2) is 18.2 Å². The summed E-state index contributed by atoms with van der Waals surface area (Å²) in [6.45, 7) is 10.4. The molecule has 1 aromatic rings. The van der Waals surface area contributed by atoms with Crippen molar-refractivity contribution in [1.82, 2.24) is 10.2 Å². The maximum absolute atomic E-state index is 12.5. The summed E-state index contributed by atoms with van der Waals surface area (Å²) in [4.78, 5) is 15.0. The average molecular weight is 348 g/mol. The van der Waals surface area contributed by atoms with Crippen molar-refractivity contribution in [1.29, 1.82) is 0 Å². The smallest absolute Gasteiger partial charge is 0.251 e. The molecular weight excluding hydrogens is 316 g/mol. The summed E-state index contributed by atoms with van der Waals surface area (Å²) in [5.74, 6) is 1.31. The first-order valence-corrected chi connectivity index (χ1v) is 9.61. The van der Waals surface area contributed by atoms with Gasteiger partial charge < -0.3 is 14.8 Å². The molecule has 1 saturated heterocycles. The van der Waals surface area contributed by atoms with Gasteiger partial charge in [0.1, 0.15) is 0 Å². The molecule has 0 bridgehead atoms. The van der Waals surface area contributed by atoms with Gasteiger partial charge in [0.15, 0.2) is 11.5 Å². The molecule has 1 atom stereocenters. The molecule has 0 saturated carbocycles. The van der Waals surface area contributed by atoms with E-state index in [2.05, 4.69) is 31.0 Å². The number of rotatable bonds is 10. The Morgan fingerprint density at radius 2 is 1.88 bits per heavy atom. The third-order valence-electron chi connectivity index (χ3n) is 4.53. The molecule has 1 amide bonds. The minimum atomic E-state index is -0.0497. The second-order valence-electron chi connectivity index (χ2n) is 6.49. The number of hydrogen-bond acceptors (Lipinski definition) is 4. The molecule has 1 aliphatic heterocycles. The first kappa shape index (κ1) is 19.6. The number of amides is 1. The van der Waals surface area contributed by atoms with E-state index >= 15 is 0 Å². The van der Waals surface area contributed by atoms with E-state index in [1.165, 1.54) is 6.42 Å². The molecule has 1 heterocycles. The Kier molecular flexibility index (Phi) is 8.06. The van der Waals surface area contributed by atoms with E-state index in [0.717, 1.165) is 32.4 Å². The molecule has 1 aliphatic rings. The van der Waals surface area contributed by atoms with Crippen LogP contribution in [-0.4, -0.2) is 49.7 Å². The van der Waals surface area contributed by atoms with Gasteiger partial charge in [-0.3, -0.25) is 9.69 Å². The number of nitrogens with one attached hydrogen (secondary N) is 1. The van der Waals surface area contributed by atoms with Gasteiger partial charge in [-0.15, -0.1) is 0 Å². The van der Waals surface area contributed by atoms with Crippen LogP contribution in [0.5, 0.6) is 11.5 Å². The monoisotopic (exact) mass is 348 g/mol. The van der Waals surface area contributed by atoms with Crippen molar-refractivity contribution >= 4 is 5.91 Å². The second-order valence-corrected chi connectivity index (χ2v) is 6.49. The molecule has 0 aliphatic carbocycles. The Bertz CT molecular complexity index is 548. The average Bonchev–Trinajstić information content (AvgIpc) is 3.10. The van der Waals surface area contributed by atoms with Gasteiger partial charge in [0, 0.05) is 18.2 Å². The Balaban J connectivity index is 2.00. The molecule has 0 spiro atoms. The summed E-state index contributed by atoms with van der Waals surface area (Å²) in [5, 5.41) is 3.07. The zero-order chi connectivity index (χ0) is 18.1. The van der Waals surface area contributed by atoms with Crippen molar-refractivity contribution in [3.8, 4) is 11.5 Å². The van der Waals surface area contributed by atoms with Crippen LogP contribution in [-0.2, 0) is 0 Å². The summed E-state index contributed by atoms with van der Waals surface area (Å²) in [5.41, 5.74) is 0.621. The molecule has 1 N–H and O–H groups in total. The molecule has 1 fully saturated rings. The lowest BCUT2D eigenvalue weighted by Crippen LogP contribution is -2.40. The normalized spacial score (nSPS) is 17.5. The van der Waals surface area contributed by atoms with E-state index in [1.807, 2.05) is 12.1 Å². The summed E-state index contributed by atoms with van der Waals surface area (Å²) >= 11 is 0. The molecule has 1 aromatic carbocycles. The standard InChI is InChI=1S/C20H32N2O3/c1-4-12-24-18-10-9-16(14-19(18)25-13-5-2)20(23)21-15-17-8-7-11-22(17)6-3/h9-10,14,17H,4-8,11-13,15H2,1-3H3,(H,21,23). The summed E-state index contributed by atoms with van der Waals surface area (Å²) in [6, 6.07) is 5.90. The number of carbonyl (C=O) groups is 1. The SMILES string of the molecule is CCCOc1ccc(C(=O)NCC2CCCN2CC)cc1OCCC. The zero-order valence-electron chi connectivity index (χ0n) is 15.8. The van der Waals surface area contributed by atoms with Gasteiger partial charge in [0.2, 0.25) is 0 Å². The minimum Gasteiger partial charge on any atom is -0.490 e. The Hall–Kier alpha value is -1.75. The van der Waals surface area contributed by atoms with Gasteiger partial charge in [-0.1, -0.05) is 20.8 Å². The van der Waals surface area contributed by atoms with Crippen molar-refractivity contribution in [2.75, 3.05) is 32.8 Å². The molecule has 140 valence electrons. The molecule has 5 heteroatoms. The van der Waals surface area contributed by atoms with Crippen molar-refractivity contribution in [2.24, 2.45) is 0 Å². The number of likely N-dealkylation sites (N-methyl/N-ethyl adjacent to an activating group) is 1. The van der Waals surface area contributed by atoms with Crippen molar-refractivity contribution < 1.29 is 14.3 Å². The summed E-state index contributed by atoms with van der Waals surface area (Å²) < 4.78 is 11.5. The number of carbonyl (C=O) groups excluding carboxylic acids is 1. The zero-order valence-corrected chi connectivity index (χ0v) is 15.8. The minimum absolute atomic E-state index is 0.0497. The van der Waals surface area contributed by atoms with Crippen LogP contribution in [0.4, 0.5) is 0 Å². The maximum Gasteiger partial charge on any atom is 0.251 e. The van der Waals surface area contributed by atoms with Gasteiger partial charge in [-0.2, -0.15) is 0 Å². The van der Waals surface area contributed by atoms with E-state index < -0.39 is 0 Å². The van der Waals surface area contributed by atoms with Gasteiger partial charge in [0.25, 0.3) is 5.91 Å². The first-order chi connectivity index (χ1) is 12.2. The molecule has 0 aromatic heterocycles. The third-order valence-corrected chi connectivity index (χ3v) is 4.53. The van der Waals surface area contributed by atoms with E-state index in [1.54, 1.807) is 6.07 Å². The Morgan fingerprint density at radius 1 is 1.16 bits per heavy atom. The summed E-state index contributed by atoms with van der Waals surface area (Å²) in [7, 11) is 0. The lowest BCUT2D eigenvalue weighted by molar-refractivity contribution is 0.0941. The lowest BCUT2D eigenvalue weighted by Gasteiger charge is -2.23. The molecule has 0 radical (unpaired) electrons. The van der Waals surface area contributed by atoms with Crippen LogP contribution in [0.2, 0.25) is 0 Å². The predicted molar refractivity (Wildman–Crippen MR) is 101 cm³/mol. The van der Waals surface area contributed by atoms with Crippen molar-refractivity contribution in [2.45, 2.75) is 52.5 Å². The topological polar surface area (TPSA) is 50.8 Å². The van der Waals surface area contributed by atoms with Crippen LogP contribution in [0.1, 0.15) is 56.8 Å². The van der Waals surface area contributed by atoms with Crippen molar-refractivity contribution in [3.05, 3.63) is 23.8 Å². The highest BCUT2D eigenvalue weighted by Gasteiger charge is 2.23. The van der Waals surface area contributed by atoms with Gasteiger partial charge in [-0.05, 0) is 57.0 Å². The number of hydrogen-bond donors (Lipinski definition) is 1. The largest absolute Gasteiger partial charge is 0.490 e. The lowest BCUT2D eigenvalue weighted by atomic mass is 10.1. The highest BCUT2D eigenvalue weighted by molar-refractivity contribution is 5.94. The molecule has 25 heavy (non-hydrogen) atoms. The van der Waals surface area contributed by atoms with Crippen LogP contribution in [0, 0.1) is 0 Å². The fourth-order valence-electron chi connectivity index (χ4n) is 3.16. The van der Waals surface area contributed by atoms with Crippen LogP contribution in [0.3, 0.4) is 0 Å². The van der Waals surface area contributed by atoms with Crippen LogP contribution in [0.25, 0.3) is 0 Å². The van der Waals surface area contributed by atoms with Gasteiger partial charge >= 0.3 is 0 Å². The van der Waals surface area contributed by atoms with E-state index in [4.69, 9.17) is 9.47 Å². The second kappa shape index (κ2) is 10.3. The molecule has 2 rings (SSSR count). The number of nitrogens with zero attached hydrogens (tertiary/aromatic N) is 1. The van der Waals surface area contributed by atoms with E-state index in [-0.39, 0.29) is 5.91 Å². The quantitative estimate of drug-likeness (QED) is 0.703. The van der Waals surface area contributed by atoms with Crippen LogP contribution < -0.4 is 14.8 Å². The number of benzene rings is 1. The van der Waals surface area contributed by atoms with Gasteiger partial charge in [0.05, 0.1) is 13.2 Å². The molecule has 1 unspecified atom stereocenters. The van der Waals surface area contributed by atoms with E-state index in [9.17, 15) is 4.79 Å². The fraction of sp³-hybridized carbons (Fsp3) is 0.650. The first-order valence-electron chi connectivity index (χ1n) is 9.61. The highest BCUT2D eigenvalue weighted by atomic mass is 16.5. The molecule has 5 nitrogen and oxygen atoms in total. The van der Waals surface area contributed by atoms with Gasteiger partial charge in [-0.25, -0.2) is 0 Å². The van der Waals surface area contributed by atoms with Crippen molar-refractivity contribution in [3.63, 3.8) is 0 Å². The summed E-state index contributed by atoms with van der Waals surface area (Å²) in [6.07, 6.45) is 4.22. The van der Waals surface area contributed by atoms with E-state index in [0.29, 0.717) is 42.9 Å². The fourth-order valence-corrected chi connectivity index (χ4v) is 3.16. The number of ether oxygens (including phenoxy) is 2. The third kappa shape index (κ3) is 5.63. The predicted octanol–water partition coefficient (Wildman–Crippen LogP) is 3.48. The molecular formula is C20H32N2O3. The Morgan fingerprint density at radius 3 is 2.56 bits per heavy atom. The maximum atomic E-state index is 12.5. The number of likely N-dealkylation sites (tertiary alicyclic amines) is 1. The van der Waals surface area contributed by atoms with Crippen LogP contribution >= 0.6 is 0 Å².